The summed E-state index contributed by atoms with van der Waals surface area (Å²) in [5, 5.41) is 3.82. The van der Waals surface area contributed by atoms with Crippen LogP contribution in [-0.2, 0) is 16.7 Å². The second-order valence-corrected chi connectivity index (χ2v) is 4.43. The zero-order valence-corrected chi connectivity index (χ0v) is 8.31. The van der Waals surface area contributed by atoms with Crippen LogP contribution in [0, 0.1) is 0 Å². The van der Waals surface area contributed by atoms with Crippen molar-refractivity contribution in [2.45, 2.75) is 19.4 Å². The van der Waals surface area contributed by atoms with Crippen LogP contribution in [0.25, 0.3) is 0 Å². The van der Waals surface area contributed by atoms with Gasteiger partial charge in [0.1, 0.15) is 6.33 Å². The predicted octanol–water partition coefficient (Wildman–Crippen LogP) is -0.472. The zero-order chi connectivity index (χ0) is 10.6. The molecule has 1 aromatic heterocycles. The van der Waals surface area contributed by atoms with Crippen molar-refractivity contribution in [3.63, 3.8) is 0 Å². The van der Waals surface area contributed by atoms with Gasteiger partial charge in [-0.3, -0.25) is 9.23 Å². The zero-order valence-electron chi connectivity index (χ0n) is 7.50. The van der Waals surface area contributed by atoms with E-state index in [-0.39, 0.29) is 11.7 Å². The average Bonchev–Trinajstić information content (AvgIpc) is 2.44. The van der Waals surface area contributed by atoms with Crippen LogP contribution in [0.1, 0.15) is 12.8 Å². The number of hydrogen-bond acceptors (Lipinski definition) is 5. The van der Waals surface area contributed by atoms with E-state index in [2.05, 4.69) is 10.1 Å². The first-order valence-corrected chi connectivity index (χ1v) is 5.68. The van der Waals surface area contributed by atoms with E-state index in [1.54, 1.807) is 0 Å². The third-order valence-corrected chi connectivity index (χ3v) is 2.40. The molecule has 1 aromatic rings. The van der Waals surface area contributed by atoms with Gasteiger partial charge in [-0.1, -0.05) is 0 Å². The average molecular weight is 220 g/mol. The maximum atomic E-state index is 10.3. The van der Waals surface area contributed by atoms with Crippen LogP contribution in [-0.4, -0.2) is 33.5 Å². The standard InChI is InChI=1S/C6H12N4O3S/c7-6-8-5-10(9-6)3-1-2-4-14(11,12)13/h5H,1-4H2,(H2,7,9)(H,11,12,13). The summed E-state index contributed by atoms with van der Waals surface area (Å²) in [6, 6.07) is 0. The van der Waals surface area contributed by atoms with Crippen LogP contribution >= 0.6 is 0 Å². The van der Waals surface area contributed by atoms with Crippen LogP contribution in [0.15, 0.2) is 6.33 Å². The fraction of sp³-hybridized carbons (Fsp3) is 0.667. The lowest BCUT2D eigenvalue weighted by atomic mass is 10.3. The van der Waals surface area contributed by atoms with Crippen LogP contribution < -0.4 is 5.73 Å². The predicted molar refractivity (Wildman–Crippen MR) is 50.1 cm³/mol. The van der Waals surface area contributed by atoms with E-state index >= 15 is 0 Å². The third kappa shape index (κ3) is 4.19. The normalized spacial score (nSPS) is 11.8. The summed E-state index contributed by atoms with van der Waals surface area (Å²) in [6.45, 7) is 0.541. The molecule has 14 heavy (non-hydrogen) atoms. The Morgan fingerprint density at radius 2 is 2.21 bits per heavy atom. The van der Waals surface area contributed by atoms with Crippen LogP contribution in [0.2, 0.25) is 0 Å². The van der Waals surface area contributed by atoms with Crippen LogP contribution in [0.5, 0.6) is 0 Å². The Kier molecular flexibility index (Phi) is 3.42. The minimum atomic E-state index is -3.84. The molecule has 0 bridgehead atoms. The summed E-state index contributed by atoms with van der Waals surface area (Å²) < 4.78 is 30.7. The Balaban J connectivity index is 2.23. The van der Waals surface area contributed by atoms with Gasteiger partial charge < -0.3 is 5.73 Å². The van der Waals surface area contributed by atoms with Crippen molar-refractivity contribution in [1.82, 2.24) is 14.8 Å². The maximum absolute atomic E-state index is 10.3. The Hall–Kier alpha value is -1.15. The number of anilines is 1. The highest BCUT2D eigenvalue weighted by Gasteiger charge is 2.03. The molecule has 0 aliphatic heterocycles. The Morgan fingerprint density at radius 1 is 1.50 bits per heavy atom. The van der Waals surface area contributed by atoms with E-state index in [9.17, 15) is 8.42 Å². The second-order valence-electron chi connectivity index (χ2n) is 2.86. The SMILES string of the molecule is Nc1ncn(CCCCS(=O)(=O)O)n1. The molecule has 80 valence electrons. The molecular weight excluding hydrogens is 208 g/mol. The molecule has 0 saturated carbocycles. The summed E-state index contributed by atoms with van der Waals surface area (Å²) in [5.41, 5.74) is 5.27. The monoisotopic (exact) mass is 220 g/mol. The van der Waals surface area contributed by atoms with Gasteiger partial charge in [0.2, 0.25) is 5.95 Å². The molecule has 0 radical (unpaired) electrons. The molecule has 1 rings (SSSR count). The highest BCUT2D eigenvalue weighted by atomic mass is 32.2. The quantitative estimate of drug-likeness (QED) is 0.512. The largest absolute Gasteiger partial charge is 0.367 e. The number of nitrogens with two attached hydrogens (primary N) is 1. The Bertz CT molecular complexity index is 386. The van der Waals surface area contributed by atoms with Crippen molar-refractivity contribution in [3.8, 4) is 0 Å². The summed E-state index contributed by atoms with van der Waals surface area (Å²) in [4.78, 5) is 3.71. The molecule has 1 heterocycles. The number of aromatic nitrogens is 3. The molecule has 0 aliphatic carbocycles. The van der Waals surface area contributed by atoms with E-state index in [0.717, 1.165) is 0 Å². The molecule has 8 heteroatoms. The van der Waals surface area contributed by atoms with Crippen LogP contribution in [0.4, 0.5) is 5.95 Å². The van der Waals surface area contributed by atoms with Gasteiger partial charge in [-0.05, 0) is 12.8 Å². The molecule has 0 spiro atoms. The maximum Gasteiger partial charge on any atom is 0.264 e. The molecule has 0 fully saturated rings. The summed E-state index contributed by atoms with van der Waals surface area (Å²) >= 11 is 0. The smallest absolute Gasteiger partial charge is 0.264 e. The Morgan fingerprint density at radius 3 is 2.71 bits per heavy atom. The lowest BCUT2D eigenvalue weighted by Crippen LogP contribution is -2.06. The molecule has 7 nitrogen and oxygen atoms in total. The van der Waals surface area contributed by atoms with Gasteiger partial charge in [0.05, 0.1) is 5.75 Å². The molecule has 0 unspecified atom stereocenters. The molecular formula is C6H12N4O3S. The third-order valence-electron chi connectivity index (χ3n) is 1.59. The summed E-state index contributed by atoms with van der Waals surface area (Å²) in [6.07, 6.45) is 2.46. The van der Waals surface area contributed by atoms with Gasteiger partial charge in [-0.15, -0.1) is 5.10 Å². The number of rotatable bonds is 5. The summed E-state index contributed by atoms with van der Waals surface area (Å²) in [7, 11) is -3.84. The lowest BCUT2D eigenvalue weighted by Gasteiger charge is -1.98. The molecule has 0 atom stereocenters. The number of aryl methyl sites for hydroxylation is 1. The number of unbranched alkanes of at least 4 members (excludes halogenated alkanes) is 1. The molecule has 0 saturated heterocycles. The van der Waals surface area contributed by atoms with Crippen molar-refractivity contribution in [1.29, 1.82) is 0 Å². The van der Waals surface area contributed by atoms with Gasteiger partial charge in [0, 0.05) is 6.54 Å². The van der Waals surface area contributed by atoms with E-state index < -0.39 is 10.1 Å². The number of hydrogen-bond donors (Lipinski definition) is 2. The van der Waals surface area contributed by atoms with Crippen molar-refractivity contribution >= 4 is 16.1 Å². The Labute approximate surface area is 81.7 Å². The molecule has 3 N–H and O–H groups in total. The first kappa shape index (κ1) is 10.9. The van der Waals surface area contributed by atoms with Crippen molar-refractivity contribution < 1.29 is 13.0 Å². The van der Waals surface area contributed by atoms with Crippen molar-refractivity contribution in [2.24, 2.45) is 0 Å². The molecule has 0 amide bonds. The van der Waals surface area contributed by atoms with Gasteiger partial charge in [0.15, 0.2) is 0 Å². The topological polar surface area (TPSA) is 111 Å². The number of nitrogen functional groups attached to an aromatic ring is 1. The first-order chi connectivity index (χ1) is 6.47. The summed E-state index contributed by atoms with van der Waals surface area (Å²) in [5.74, 6) is -0.0308. The minimum Gasteiger partial charge on any atom is -0.367 e. The van der Waals surface area contributed by atoms with E-state index in [4.69, 9.17) is 10.3 Å². The minimum absolute atomic E-state index is 0.194. The first-order valence-electron chi connectivity index (χ1n) is 4.07. The van der Waals surface area contributed by atoms with Crippen molar-refractivity contribution in [3.05, 3.63) is 6.33 Å². The van der Waals surface area contributed by atoms with Crippen molar-refractivity contribution in [2.75, 3.05) is 11.5 Å². The fourth-order valence-electron chi connectivity index (χ4n) is 0.975. The highest BCUT2D eigenvalue weighted by molar-refractivity contribution is 7.85. The molecule has 0 aromatic carbocycles. The fourth-order valence-corrected chi connectivity index (χ4v) is 1.54. The highest BCUT2D eigenvalue weighted by Crippen LogP contribution is 1.98. The second kappa shape index (κ2) is 4.38. The number of nitrogens with zero attached hydrogens (tertiary/aromatic N) is 3. The lowest BCUT2D eigenvalue weighted by molar-refractivity contribution is 0.476. The van der Waals surface area contributed by atoms with Gasteiger partial charge >= 0.3 is 0 Å². The van der Waals surface area contributed by atoms with Gasteiger partial charge in [-0.2, -0.15) is 8.42 Å². The van der Waals surface area contributed by atoms with E-state index in [1.807, 2.05) is 0 Å². The molecule has 0 aliphatic rings. The van der Waals surface area contributed by atoms with E-state index in [1.165, 1.54) is 11.0 Å². The van der Waals surface area contributed by atoms with Gasteiger partial charge in [0.25, 0.3) is 10.1 Å². The van der Waals surface area contributed by atoms with Crippen LogP contribution in [0.3, 0.4) is 0 Å². The van der Waals surface area contributed by atoms with E-state index in [0.29, 0.717) is 19.4 Å². The van der Waals surface area contributed by atoms with Gasteiger partial charge in [-0.25, -0.2) is 4.98 Å².